The average Bonchev–Trinajstić information content (AvgIpc) is 4.24. The second-order valence-corrected chi connectivity index (χ2v) is 22.6. The Morgan fingerprint density at radius 3 is 2.34 bits per heavy atom. The number of hydrogen-bond donors (Lipinski definition) is 6. The van der Waals surface area contributed by atoms with Crippen LogP contribution in [0.15, 0.2) is 18.2 Å². The third-order valence-electron chi connectivity index (χ3n) is 14.1. The Morgan fingerprint density at radius 2 is 1.76 bits per heavy atom. The first-order valence-corrected chi connectivity index (χ1v) is 25.2. The molecule has 24 heteroatoms. The molecule has 2 bridgehead atoms. The maximum Gasteiger partial charge on any atom is 0.408 e. The number of nitrogens with two attached hydrogens (primary N) is 2. The molecule has 3 aliphatic carbocycles. The van der Waals surface area contributed by atoms with Gasteiger partial charge in [-0.2, -0.15) is 8.78 Å². The Labute approximate surface area is 404 Å². The van der Waals surface area contributed by atoms with E-state index in [2.05, 4.69) is 20.6 Å². The third kappa shape index (κ3) is 12.0. The number of aromatic nitrogens is 2. The lowest BCUT2D eigenvalue weighted by Crippen LogP contribution is -2.61. The van der Waals surface area contributed by atoms with Crippen LogP contribution in [-0.4, -0.2) is 125 Å². The number of rotatable bonds is 13. The summed E-state index contributed by atoms with van der Waals surface area (Å²) in [6.45, 7) is 8.23. The lowest BCUT2D eigenvalue weighted by Gasteiger charge is -2.36. The topological polar surface area (TPSA) is 285 Å². The second kappa shape index (κ2) is 20.9. The number of hydrogen-bond acceptors (Lipinski definition) is 14. The highest BCUT2D eigenvalue weighted by molar-refractivity contribution is 7.91. The predicted molar refractivity (Wildman–Crippen MR) is 245 cm³/mol. The first-order chi connectivity index (χ1) is 32.7. The zero-order valence-corrected chi connectivity index (χ0v) is 41.1. The summed E-state index contributed by atoms with van der Waals surface area (Å²) in [4.78, 5) is 76.5. The Bertz CT molecular complexity index is 2410. The van der Waals surface area contributed by atoms with Crippen LogP contribution in [0, 0.1) is 23.2 Å². The van der Waals surface area contributed by atoms with Crippen molar-refractivity contribution in [2.45, 2.75) is 165 Å². The highest BCUT2D eigenvalue weighted by Gasteiger charge is 2.68. The summed E-state index contributed by atoms with van der Waals surface area (Å²) < 4.78 is 105. The van der Waals surface area contributed by atoms with E-state index in [1.54, 1.807) is 33.8 Å². The molecule has 1 unspecified atom stereocenters. The number of methoxy groups -OCH3 is 1. The minimum Gasteiger partial charge on any atom is -0.497 e. The van der Waals surface area contributed by atoms with Crippen molar-refractivity contribution in [3.8, 4) is 11.6 Å². The summed E-state index contributed by atoms with van der Waals surface area (Å²) in [5.74, 6) is -10.8. The average molecular weight is 1020 g/mol. The number of halogens is 4. The van der Waals surface area contributed by atoms with Gasteiger partial charge in [0.05, 0.1) is 35.4 Å². The van der Waals surface area contributed by atoms with E-state index in [0.29, 0.717) is 38.0 Å². The summed E-state index contributed by atoms with van der Waals surface area (Å²) in [5, 5.41) is 13.4. The van der Waals surface area contributed by atoms with Crippen molar-refractivity contribution >= 4 is 50.8 Å². The number of ether oxygens (including phenoxy) is 3. The van der Waals surface area contributed by atoms with Gasteiger partial charge < -0.3 is 46.3 Å². The standard InChI is InChI=1S/C40H52F4N6O9S.C6H14N2O2/c1-7-22-27-19-50(28(22)32(51)48-39(18-23(39)31(41)42)35(53)49-60(55,56)38(5)14-15-38)34(52)30(37(2,3)4)47-36(54)59-26-16-20(26)10-8-9-13-40(43,44)29-33(58-27)46-25-17-21(57-6)11-12-24(25)45-29;7-4-2-1-3-5(8)6(9)10/h11-12,17,20,22-23,26-28,30-31H,7-10,13-16,18-19H2,1-6H3,(H,47,54)(H,48,51)(H,49,53);5H,1-4,7-8H2,(H,9,10)/t20-,22-,23+,26-,27+,28+,30-,39-;/m1./s1. The molecule has 9 atom stereocenters. The Balaban J connectivity index is 0.000000723. The van der Waals surface area contributed by atoms with Gasteiger partial charge in [0.2, 0.25) is 34.1 Å². The summed E-state index contributed by atoms with van der Waals surface area (Å²) >= 11 is 0. The Morgan fingerprint density at radius 1 is 1.06 bits per heavy atom. The number of amides is 4. The maximum absolute atomic E-state index is 16.3. The van der Waals surface area contributed by atoms with Crippen molar-refractivity contribution in [1.82, 2.24) is 30.2 Å². The Kier molecular flexibility index (Phi) is 16.2. The first-order valence-electron chi connectivity index (χ1n) is 23.8. The molecule has 390 valence electrons. The van der Waals surface area contributed by atoms with Gasteiger partial charge in [-0.1, -0.05) is 40.5 Å². The van der Waals surface area contributed by atoms with Crippen LogP contribution in [0.1, 0.15) is 117 Å². The van der Waals surface area contributed by atoms with E-state index in [4.69, 9.17) is 30.8 Å². The van der Waals surface area contributed by atoms with Crippen molar-refractivity contribution in [3.05, 3.63) is 23.9 Å². The molecule has 4 fully saturated rings. The molecule has 70 heavy (non-hydrogen) atoms. The lowest BCUT2D eigenvalue weighted by atomic mass is 9.85. The van der Waals surface area contributed by atoms with Crippen molar-refractivity contribution in [2.75, 3.05) is 20.2 Å². The molecule has 8 N–H and O–H groups in total. The van der Waals surface area contributed by atoms with Crippen LogP contribution in [0.3, 0.4) is 0 Å². The fraction of sp³-hybridized carbons (Fsp3) is 0.717. The quantitative estimate of drug-likeness (QED) is 0.119. The molecule has 4 amide bonds. The molecule has 1 saturated heterocycles. The number of benzene rings is 1. The van der Waals surface area contributed by atoms with Crippen LogP contribution >= 0.6 is 0 Å². The van der Waals surface area contributed by atoms with Gasteiger partial charge >= 0.3 is 12.1 Å². The number of aliphatic carboxylic acids is 1. The minimum atomic E-state index is -4.31. The van der Waals surface area contributed by atoms with Crippen LogP contribution in [0.2, 0.25) is 0 Å². The second-order valence-electron chi connectivity index (χ2n) is 20.4. The zero-order chi connectivity index (χ0) is 51.7. The molecule has 3 heterocycles. The number of carbonyl (C=O) groups excluding carboxylic acids is 4. The number of unbranched alkanes of at least 4 members (excludes halogenated alkanes) is 1. The smallest absolute Gasteiger partial charge is 0.408 e. The number of nitrogens with zero attached hydrogens (tertiary/aromatic N) is 3. The van der Waals surface area contributed by atoms with Crippen molar-refractivity contribution < 1.29 is 69.3 Å². The molecule has 5 aliphatic rings. The molecule has 1 aromatic carbocycles. The molecule has 0 spiro atoms. The molecule has 7 rings (SSSR count). The van der Waals surface area contributed by atoms with E-state index in [0.717, 1.165) is 17.7 Å². The minimum absolute atomic E-state index is 0.0516. The zero-order valence-electron chi connectivity index (χ0n) is 40.3. The largest absolute Gasteiger partial charge is 0.497 e. The van der Waals surface area contributed by atoms with Gasteiger partial charge in [-0.25, -0.2) is 32.0 Å². The van der Waals surface area contributed by atoms with Gasteiger partial charge in [0.25, 0.3) is 11.8 Å². The van der Waals surface area contributed by atoms with E-state index in [1.807, 2.05) is 4.72 Å². The number of sulfonamides is 1. The van der Waals surface area contributed by atoms with Gasteiger partial charge in [-0.15, -0.1) is 0 Å². The fourth-order valence-electron chi connectivity index (χ4n) is 9.06. The number of carbonyl (C=O) groups is 5. The highest BCUT2D eigenvalue weighted by atomic mass is 32.2. The van der Waals surface area contributed by atoms with E-state index >= 15 is 8.78 Å². The van der Waals surface area contributed by atoms with Crippen molar-refractivity contribution in [3.63, 3.8) is 0 Å². The molecule has 1 aromatic heterocycles. The lowest BCUT2D eigenvalue weighted by molar-refractivity contribution is -0.144. The van der Waals surface area contributed by atoms with E-state index < -0.39 is 141 Å². The first kappa shape index (κ1) is 54.2. The van der Waals surface area contributed by atoms with Crippen LogP contribution in [-0.2, 0) is 39.9 Å². The third-order valence-corrected chi connectivity index (χ3v) is 16.2. The van der Waals surface area contributed by atoms with Crippen LogP contribution in [0.25, 0.3) is 11.0 Å². The SMILES string of the molecule is CC[C@@H]1[C@@H]2CN(C(=O)[C@H](C(C)(C)C)NC(=O)O[C@@H]3C[C@H]3CCCCC(F)(F)c3nc4ccc(OC)cc4nc3O2)[C@@H]1C(=O)N[C@]1(C(=O)NS(=O)(=O)C2(C)CC2)C[C@H]1C(F)F.NCCCCC(N)C(=O)O. The highest BCUT2D eigenvalue weighted by Crippen LogP contribution is 2.50. The number of nitrogens with one attached hydrogen (secondary N) is 3. The summed E-state index contributed by atoms with van der Waals surface area (Å²) in [6.07, 6.45) is -2.75. The number of alkyl halides is 4. The molecular weight excluding hydrogens is 949 g/mol. The summed E-state index contributed by atoms with van der Waals surface area (Å²) in [5.41, 5.74) is 6.59. The number of carboxylic acids is 1. The normalized spacial score (nSPS) is 28.7. The van der Waals surface area contributed by atoms with Gasteiger partial charge in [-0.3, -0.25) is 23.9 Å². The van der Waals surface area contributed by atoms with E-state index in [-0.39, 0.29) is 42.6 Å². The monoisotopic (exact) mass is 1010 g/mol. The van der Waals surface area contributed by atoms with Gasteiger partial charge in [0.15, 0.2) is 5.69 Å². The molecule has 19 nitrogen and oxygen atoms in total. The van der Waals surface area contributed by atoms with Gasteiger partial charge in [-0.05, 0) is 94.7 Å². The fourth-order valence-corrected chi connectivity index (χ4v) is 10.4. The number of carboxylic acid groups (broad SMARTS) is 1. The number of alkyl carbamates (subject to hydrolysis) is 1. The van der Waals surface area contributed by atoms with Crippen LogP contribution in [0.5, 0.6) is 11.6 Å². The van der Waals surface area contributed by atoms with Crippen molar-refractivity contribution in [2.24, 2.45) is 34.6 Å². The van der Waals surface area contributed by atoms with E-state index in [9.17, 15) is 41.2 Å². The van der Waals surface area contributed by atoms with Gasteiger partial charge in [0.1, 0.15) is 41.6 Å². The molecule has 2 aromatic rings. The van der Waals surface area contributed by atoms with Crippen molar-refractivity contribution in [1.29, 1.82) is 0 Å². The van der Waals surface area contributed by atoms with E-state index in [1.165, 1.54) is 26.2 Å². The Hall–Kier alpha value is -5.10. The molecule has 2 aliphatic heterocycles. The molecule has 3 saturated carbocycles. The number of fused-ring (bicyclic) bond motifs is 5. The van der Waals surface area contributed by atoms with Crippen LogP contribution in [0.4, 0.5) is 22.4 Å². The molecular formula is C46H66F4N8O11S. The maximum atomic E-state index is 16.3. The summed E-state index contributed by atoms with van der Waals surface area (Å²) in [6, 6.07) is 0.870. The summed E-state index contributed by atoms with van der Waals surface area (Å²) in [7, 11) is -2.89. The predicted octanol–water partition coefficient (Wildman–Crippen LogP) is 4.48. The van der Waals surface area contributed by atoms with Crippen LogP contribution < -0.4 is 36.3 Å². The van der Waals surface area contributed by atoms with Gasteiger partial charge in [0, 0.05) is 18.4 Å². The molecule has 0 radical (unpaired) electrons.